The van der Waals surface area contributed by atoms with Crippen molar-refractivity contribution in [1.82, 2.24) is 5.32 Å². The van der Waals surface area contributed by atoms with Crippen LogP contribution in [0.3, 0.4) is 0 Å². The fourth-order valence-electron chi connectivity index (χ4n) is 3.24. The second kappa shape index (κ2) is 8.78. The first-order valence-corrected chi connectivity index (χ1v) is 11.3. The summed E-state index contributed by atoms with van der Waals surface area (Å²) in [6.07, 6.45) is 1.84. The Morgan fingerprint density at radius 3 is 2.21 bits per heavy atom. The van der Waals surface area contributed by atoms with Crippen LogP contribution in [0.5, 0.6) is 0 Å². The van der Waals surface area contributed by atoms with E-state index in [1.165, 1.54) is 15.4 Å². The number of hydrogen-bond acceptors (Lipinski definition) is 3. The molecule has 0 aliphatic rings. The zero-order chi connectivity index (χ0) is 21.1. The lowest BCUT2D eigenvalue weighted by Gasteiger charge is -2.25. The lowest BCUT2D eigenvalue weighted by Crippen LogP contribution is -2.41. The van der Waals surface area contributed by atoms with Crippen molar-refractivity contribution >= 4 is 21.6 Å². The van der Waals surface area contributed by atoms with Gasteiger partial charge in [0.15, 0.2) is 0 Å². The maximum absolute atomic E-state index is 12.7. The minimum absolute atomic E-state index is 0.160. The lowest BCUT2D eigenvalue weighted by molar-refractivity contribution is -0.120. The van der Waals surface area contributed by atoms with Gasteiger partial charge in [-0.05, 0) is 62.4 Å². The average molecular weight is 403 g/mol. The number of rotatable bonds is 7. The fourth-order valence-corrected chi connectivity index (χ4v) is 4.15. The molecular weight excluding hydrogens is 372 g/mol. The van der Waals surface area contributed by atoms with Crippen LogP contribution in [0.4, 0.5) is 5.69 Å². The maximum atomic E-state index is 12.7. The second-order valence-corrected chi connectivity index (χ2v) is 9.34. The summed E-state index contributed by atoms with van der Waals surface area (Å²) < 4.78 is 25.9. The molecule has 1 atom stereocenters. The highest BCUT2D eigenvalue weighted by Crippen LogP contribution is 2.24. The van der Waals surface area contributed by atoms with Crippen LogP contribution in [0.25, 0.3) is 0 Å². The van der Waals surface area contributed by atoms with E-state index in [1.807, 2.05) is 58.9 Å². The number of sulfonamides is 1. The molecule has 0 aliphatic heterocycles. The Labute approximate surface area is 168 Å². The summed E-state index contributed by atoms with van der Waals surface area (Å²) in [6, 6.07) is 11.5. The van der Waals surface area contributed by atoms with E-state index in [2.05, 4.69) is 11.4 Å². The van der Waals surface area contributed by atoms with Crippen LogP contribution < -0.4 is 9.62 Å². The van der Waals surface area contributed by atoms with Gasteiger partial charge in [-0.1, -0.05) is 42.8 Å². The van der Waals surface area contributed by atoms with Gasteiger partial charge >= 0.3 is 0 Å². The molecule has 0 spiro atoms. The third-order valence-corrected chi connectivity index (χ3v) is 6.11. The standard InChI is InChI=1S/C22H30N2O3S/c1-7-20(19-10-9-16(3)17(4)13-19)23-22(25)14-24(28(6,26)27)21-11-8-15(2)12-18(21)5/h8-13,20H,7,14H2,1-6H3,(H,23,25). The van der Waals surface area contributed by atoms with Gasteiger partial charge in [0.2, 0.25) is 15.9 Å². The van der Waals surface area contributed by atoms with Crippen LogP contribution >= 0.6 is 0 Å². The van der Waals surface area contributed by atoms with E-state index in [1.54, 1.807) is 6.07 Å². The van der Waals surface area contributed by atoms with Crippen molar-refractivity contribution in [1.29, 1.82) is 0 Å². The van der Waals surface area contributed by atoms with Crippen LogP contribution in [0.1, 0.15) is 47.2 Å². The first-order valence-electron chi connectivity index (χ1n) is 9.44. The molecule has 2 rings (SSSR count). The highest BCUT2D eigenvalue weighted by molar-refractivity contribution is 7.92. The molecule has 1 unspecified atom stereocenters. The summed E-state index contributed by atoms with van der Waals surface area (Å²) in [5, 5.41) is 2.99. The van der Waals surface area contributed by atoms with E-state index in [-0.39, 0.29) is 18.5 Å². The molecule has 0 aromatic heterocycles. The Bertz CT molecular complexity index is 968. The van der Waals surface area contributed by atoms with Crippen LogP contribution in [-0.2, 0) is 14.8 Å². The van der Waals surface area contributed by atoms with E-state index in [0.29, 0.717) is 5.69 Å². The Morgan fingerprint density at radius 2 is 1.68 bits per heavy atom. The zero-order valence-electron chi connectivity index (χ0n) is 17.5. The van der Waals surface area contributed by atoms with Crippen LogP contribution in [0.15, 0.2) is 36.4 Å². The number of nitrogens with zero attached hydrogens (tertiary/aromatic N) is 1. The number of amides is 1. The third-order valence-electron chi connectivity index (χ3n) is 4.99. The van der Waals surface area contributed by atoms with E-state index < -0.39 is 10.0 Å². The smallest absolute Gasteiger partial charge is 0.241 e. The van der Waals surface area contributed by atoms with E-state index in [0.717, 1.165) is 29.4 Å². The zero-order valence-corrected chi connectivity index (χ0v) is 18.4. The molecule has 0 fully saturated rings. The molecule has 152 valence electrons. The molecule has 0 aliphatic carbocycles. The summed E-state index contributed by atoms with van der Waals surface area (Å²) in [5.74, 6) is -0.324. The van der Waals surface area contributed by atoms with Crippen molar-refractivity contribution in [2.45, 2.75) is 47.1 Å². The van der Waals surface area contributed by atoms with Gasteiger partial charge in [0.25, 0.3) is 0 Å². The second-order valence-electron chi connectivity index (χ2n) is 7.43. The molecule has 0 radical (unpaired) electrons. The number of anilines is 1. The van der Waals surface area contributed by atoms with Gasteiger partial charge in [-0.3, -0.25) is 9.10 Å². The van der Waals surface area contributed by atoms with Crippen LogP contribution in [0, 0.1) is 27.7 Å². The molecule has 6 heteroatoms. The van der Waals surface area contributed by atoms with Crippen molar-refractivity contribution in [3.05, 3.63) is 64.2 Å². The number of benzene rings is 2. The van der Waals surface area contributed by atoms with Gasteiger partial charge in [-0.2, -0.15) is 0 Å². The van der Waals surface area contributed by atoms with Crippen LogP contribution in [-0.4, -0.2) is 27.1 Å². The van der Waals surface area contributed by atoms with Gasteiger partial charge in [0, 0.05) is 0 Å². The van der Waals surface area contributed by atoms with E-state index in [4.69, 9.17) is 0 Å². The maximum Gasteiger partial charge on any atom is 0.241 e. The number of carbonyl (C=O) groups is 1. The van der Waals surface area contributed by atoms with Gasteiger partial charge in [-0.25, -0.2) is 8.42 Å². The molecule has 5 nitrogen and oxygen atoms in total. The van der Waals surface area contributed by atoms with Gasteiger partial charge in [-0.15, -0.1) is 0 Å². The number of nitrogens with one attached hydrogen (secondary N) is 1. The van der Waals surface area contributed by atoms with E-state index in [9.17, 15) is 13.2 Å². The Kier molecular flexibility index (Phi) is 6.88. The number of aryl methyl sites for hydroxylation is 4. The number of hydrogen-bond donors (Lipinski definition) is 1. The summed E-state index contributed by atoms with van der Waals surface area (Å²) in [5.41, 5.74) is 5.78. The van der Waals surface area contributed by atoms with Crippen molar-refractivity contribution in [2.24, 2.45) is 0 Å². The Morgan fingerprint density at radius 1 is 1.00 bits per heavy atom. The summed E-state index contributed by atoms with van der Waals surface area (Å²) >= 11 is 0. The highest BCUT2D eigenvalue weighted by Gasteiger charge is 2.24. The lowest BCUT2D eigenvalue weighted by atomic mass is 9.99. The van der Waals surface area contributed by atoms with Crippen molar-refractivity contribution in [3.8, 4) is 0 Å². The van der Waals surface area contributed by atoms with Crippen molar-refractivity contribution < 1.29 is 13.2 Å². The summed E-state index contributed by atoms with van der Waals surface area (Å²) in [7, 11) is -3.60. The molecule has 0 heterocycles. The first-order chi connectivity index (χ1) is 13.0. The minimum Gasteiger partial charge on any atom is -0.348 e. The predicted molar refractivity (Wildman–Crippen MR) is 115 cm³/mol. The number of carbonyl (C=O) groups excluding carboxylic acids is 1. The molecule has 1 N–H and O–H groups in total. The van der Waals surface area contributed by atoms with Gasteiger partial charge in [0.1, 0.15) is 6.54 Å². The molecular formula is C22H30N2O3S. The average Bonchev–Trinajstić information content (AvgIpc) is 2.60. The fraction of sp³-hybridized carbons (Fsp3) is 0.409. The molecule has 28 heavy (non-hydrogen) atoms. The SMILES string of the molecule is CCC(NC(=O)CN(c1ccc(C)cc1C)S(C)(=O)=O)c1ccc(C)c(C)c1. The van der Waals surface area contributed by atoms with Gasteiger partial charge < -0.3 is 5.32 Å². The van der Waals surface area contributed by atoms with E-state index >= 15 is 0 Å². The molecule has 0 saturated heterocycles. The molecule has 2 aromatic rings. The van der Waals surface area contributed by atoms with Crippen molar-refractivity contribution in [2.75, 3.05) is 17.1 Å². The van der Waals surface area contributed by atoms with Crippen molar-refractivity contribution in [3.63, 3.8) is 0 Å². The monoisotopic (exact) mass is 402 g/mol. The molecule has 0 bridgehead atoms. The largest absolute Gasteiger partial charge is 0.348 e. The molecule has 1 amide bonds. The quantitative estimate of drug-likeness (QED) is 0.762. The molecule has 0 saturated carbocycles. The Hall–Kier alpha value is -2.34. The highest BCUT2D eigenvalue weighted by atomic mass is 32.2. The summed E-state index contributed by atoms with van der Waals surface area (Å²) in [6.45, 7) is 9.64. The normalized spacial score (nSPS) is 12.5. The third kappa shape index (κ3) is 5.35. The topological polar surface area (TPSA) is 66.5 Å². The van der Waals surface area contributed by atoms with Gasteiger partial charge in [0.05, 0.1) is 18.0 Å². The minimum atomic E-state index is -3.60. The Balaban J connectivity index is 2.24. The predicted octanol–water partition coefficient (Wildman–Crippen LogP) is 3.95. The van der Waals surface area contributed by atoms with Crippen LogP contribution in [0.2, 0.25) is 0 Å². The first kappa shape index (κ1) is 22.0. The molecule has 2 aromatic carbocycles. The summed E-state index contributed by atoms with van der Waals surface area (Å²) in [4.78, 5) is 12.7.